The molecule has 0 N–H and O–H groups in total. The highest BCUT2D eigenvalue weighted by Crippen LogP contribution is 2.39. The Labute approximate surface area is 88.2 Å². The van der Waals surface area contributed by atoms with E-state index >= 15 is 0 Å². The van der Waals surface area contributed by atoms with Crippen LogP contribution in [-0.2, 0) is 0 Å². The van der Waals surface area contributed by atoms with E-state index in [1.165, 1.54) is 0 Å². The molecule has 0 atom stereocenters. The molecule has 0 fully saturated rings. The molecule has 1 aromatic rings. The Morgan fingerprint density at radius 1 is 1.27 bits per heavy atom. The zero-order chi connectivity index (χ0) is 11.9. The lowest BCUT2D eigenvalue weighted by Gasteiger charge is -2.16. The maximum absolute atomic E-state index is 12.5. The molecule has 0 spiro atoms. The van der Waals surface area contributed by atoms with E-state index in [9.17, 15) is 26.7 Å². The average molecular weight is 293 g/mol. The van der Waals surface area contributed by atoms with Crippen LogP contribution in [0.25, 0.3) is 0 Å². The van der Waals surface area contributed by atoms with Crippen LogP contribution in [0.4, 0.5) is 22.0 Å². The molecule has 84 valence electrons. The number of carbonyl (C=O) groups excluding carboxylic acids is 1. The van der Waals surface area contributed by atoms with Crippen LogP contribution in [0.5, 0.6) is 0 Å². The van der Waals surface area contributed by atoms with E-state index in [1.54, 1.807) is 0 Å². The molecule has 0 aromatic carbocycles. The lowest BCUT2D eigenvalue weighted by atomic mass is 10.1. The van der Waals surface area contributed by atoms with Crippen LogP contribution in [0.1, 0.15) is 10.6 Å². The van der Waals surface area contributed by atoms with E-state index in [2.05, 4.69) is 20.3 Å². The Morgan fingerprint density at radius 2 is 1.80 bits per heavy atom. The van der Waals surface area contributed by atoms with Gasteiger partial charge in [-0.3, -0.25) is 4.79 Å². The zero-order valence-corrected chi connectivity index (χ0v) is 8.32. The Bertz CT molecular complexity index is 381. The Morgan fingerprint density at radius 3 is 2.13 bits per heavy atom. The SMILES string of the molecule is O=C(c1occc1Br)C(F)(F)C(F)(F)F. The van der Waals surface area contributed by atoms with E-state index in [-0.39, 0.29) is 4.47 Å². The molecule has 0 aliphatic heterocycles. The topological polar surface area (TPSA) is 30.2 Å². The fourth-order valence-electron chi connectivity index (χ4n) is 0.727. The first-order valence-electron chi connectivity index (χ1n) is 3.40. The molecule has 1 heterocycles. The lowest BCUT2D eigenvalue weighted by molar-refractivity contribution is -0.256. The number of furan rings is 1. The van der Waals surface area contributed by atoms with Crippen LogP contribution in [0, 0.1) is 0 Å². The minimum Gasteiger partial charge on any atom is -0.460 e. The van der Waals surface area contributed by atoms with Gasteiger partial charge in [0.05, 0.1) is 10.7 Å². The van der Waals surface area contributed by atoms with Crippen molar-refractivity contribution >= 4 is 21.7 Å². The van der Waals surface area contributed by atoms with Crippen LogP contribution in [0.2, 0.25) is 0 Å². The molecule has 1 aromatic heterocycles. The average Bonchev–Trinajstić information content (AvgIpc) is 2.48. The highest BCUT2D eigenvalue weighted by atomic mass is 79.9. The molecule has 1 rings (SSSR count). The number of halogens is 6. The van der Waals surface area contributed by atoms with E-state index in [1.807, 2.05) is 0 Å². The summed E-state index contributed by atoms with van der Waals surface area (Å²) in [6.07, 6.45) is -5.11. The smallest absolute Gasteiger partial charge is 0.460 e. The van der Waals surface area contributed by atoms with Gasteiger partial charge in [-0.1, -0.05) is 0 Å². The minimum absolute atomic E-state index is 0.253. The van der Waals surface area contributed by atoms with Crippen LogP contribution >= 0.6 is 15.9 Å². The van der Waals surface area contributed by atoms with Gasteiger partial charge in [0.25, 0.3) is 5.78 Å². The summed E-state index contributed by atoms with van der Waals surface area (Å²) >= 11 is 2.61. The van der Waals surface area contributed by atoms with Gasteiger partial charge in [0, 0.05) is 0 Å². The van der Waals surface area contributed by atoms with Crippen molar-refractivity contribution in [3.05, 3.63) is 22.6 Å². The molecule has 0 saturated carbocycles. The quantitative estimate of drug-likeness (QED) is 0.617. The van der Waals surface area contributed by atoms with Gasteiger partial charge >= 0.3 is 12.1 Å². The van der Waals surface area contributed by atoms with Gasteiger partial charge in [-0.05, 0) is 22.0 Å². The van der Waals surface area contributed by atoms with E-state index in [0.717, 1.165) is 12.3 Å². The molecule has 0 amide bonds. The standard InChI is InChI=1S/C7H2BrF5O2/c8-3-1-2-15-4(3)5(14)6(9,10)7(11,12)13/h1-2H. The summed E-state index contributed by atoms with van der Waals surface area (Å²) in [7, 11) is 0. The minimum atomic E-state index is -5.93. The van der Waals surface area contributed by atoms with Gasteiger partial charge in [0.15, 0.2) is 5.76 Å². The first-order chi connectivity index (χ1) is 6.68. The molecule has 0 aliphatic carbocycles. The van der Waals surface area contributed by atoms with Gasteiger partial charge in [-0.15, -0.1) is 0 Å². The maximum atomic E-state index is 12.5. The normalized spacial score (nSPS) is 12.9. The second-order valence-electron chi connectivity index (χ2n) is 2.50. The monoisotopic (exact) mass is 292 g/mol. The third-order valence-corrected chi connectivity index (χ3v) is 2.09. The highest BCUT2D eigenvalue weighted by molar-refractivity contribution is 9.10. The van der Waals surface area contributed by atoms with Crippen LogP contribution in [0.15, 0.2) is 21.2 Å². The second kappa shape index (κ2) is 3.58. The second-order valence-corrected chi connectivity index (χ2v) is 3.35. The summed E-state index contributed by atoms with van der Waals surface area (Å²) in [6.45, 7) is 0. The predicted molar refractivity (Wildman–Crippen MR) is 41.7 cm³/mol. The Balaban J connectivity index is 3.11. The fraction of sp³-hybridized carbons (Fsp3) is 0.286. The number of carbonyl (C=O) groups is 1. The first-order valence-corrected chi connectivity index (χ1v) is 4.19. The summed E-state index contributed by atoms with van der Waals surface area (Å²) in [4.78, 5) is 10.8. The number of hydrogen-bond acceptors (Lipinski definition) is 2. The highest BCUT2D eigenvalue weighted by Gasteiger charge is 2.64. The molecular weight excluding hydrogens is 291 g/mol. The molecule has 0 aliphatic rings. The summed E-state index contributed by atoms with van der Waals surface area (Å²) < 4.78 is 64.3. The van der Waals surface area contributed by atoms with E-state index in [4.69, 9.17) is 0 Å². The number of rotatable bonds is 2. The summed E-state index contributed by atoms with van der Waals surface area (Å²) in [6, 6.07) is 1.04. The molecule has 0 bridgehead atoms. The maximum Gasteiger partial charge on any atom is 0.461 e. The Hall–Kier alpha value is -0.920. The first kappa shape index (κ1) is 12.2. The van der Waals surface area contributed by atoms with Crippen LogP contribution in [0.3, 0.4) is 0 Å². The number of alkyl halides is 5. The van der Waals surface area contributed by atoms with Crippen molar-refractivity contribution in [2.45, 2.75) is 12.1 Å². The van der Waals surface area contributed by atoms with Crippen molar-refractivity contribution in [2.24, 2.45) is 0 Å². The molecule has 8 heteroatoms. The molecular formula is C7H2BrF5O2. The number of Topliss-reactive ketones (excluding diaryl/α,β-unsaturated/α-hetero) is 1. The van der Waals surface area contributed by atoms with Crippen molar-refractivity contribution in [1.29, 1.82) is 0 Å². The largest absolute Gasteiger partial charge is 0.461 e. The van der Waals surface area contributed by atoms with Gasteiger partial charge < -0.3 is 4.42 Å². The van der Waals surface area contributed by atoms with Crippen LogP contribution < -0.4 is 0 Å². The molecule has 0 unspecified atom stereocenters. The molecule has 0 saturated heterocycles. The predicted octanol–water partition coefficient (Wildman–Crippen LogP) is 3.42. The Kier molecular flexibility index (Phi) is 2.90. The van der Waals surface area contributed by atoms with Gasteiger partial charge in [0.2, 0.25) is 0 Å². The van der Waals surface area contributed by atoms with Crippen LogP contribution in [-0.4, -0.2) is 17.9 Å². The summed E-state index contributed by atoms with van der Waals surface area (Å²) in [5.41, 5.74) is 0. The molecule has 0 radical (unpaired) electrons. The van der Waals surface area contributed by atoms with Gasteiger partial charge in [-0.2, -0.15) is 22.0 Å². The molecule has 15 heavy (non-hydrogen) atoms. The van der Waals surface area contributed by atoms with Crippen molar-refractivity contribution in [3.63, 3.8) is 0 Å². The van der Waals surface area contributed by atoms with E-state index in [0.29, 0.717) is 0 Å². The summed E-state index contributed by atoms with van der Waals surface area (Å²) in [5, 5.41) is 0. The fourth-order valence-corrected chi connectivity index (χ4v) is 1.11. The zero-order valence-electron chi connectivity index (χ0n) is 6.74. The van der Waals surface area contributed by atoms with Gasteiger partial charge in [-0.25, -0.2) is 0 Å². The molecule has 2 nitrogen and oxygen atoms in total. The van der Waals surface area contributed by atoms with Crippen molar-refractivity contribution in [3.8, 4) is 0 Å². The third kappa shape index (κ3) is 2.04. The lowest BCUT2D eigenvalue weighted by Crippen LogP contribution is -2.44. The number of hydrogen-bond donors (Lipinski definition) is 0. The van der Waals surface area contributed by atoms with Crippen molar-refractivity contribution < 1.29 is 31.2 Å². The van der Waals surface area contributed by atoms with E-state index < -0.39 is 23.6 Å². The summed E-state index contributed by atoms with van der Waals surface area (Å²) in [5.74, 6) is -8.93. The van der Waals surface area contributed by atoms with Gasteiger partial charge in [0.1, 0.15) is 0 Å². The van der Waals surface area contributed by atoms with Crippen molar-refractivity contribution in [1.82, 2.24) is 0 Å². The number of ketones is 1. The third-order valence-electron chi connectivity index (χ3n) is 1.46. The van der Waals surface area contributed by atoms with Crippen molar-refractivity contribution in [2.75, 3.05) is 0 Å².